The maximum Gasteiger partial charge on any atom is 0.300 e. The van der Waals surface area contributed by atoms with Crippen molar-refractivity contribution in [3.05, 3.63) is 34.6 Å². The van der Waals surface area contributed by atoms with Crippen molar-refractivity contribution >= 4 is 18.0 Å². The van der Waals surface area contributed by atoms with Crippen LogP contribution in [0.2, 0.25) is 0 Å². The summed E-state index contributed by atoms with van der Waals surface area (Å²) in [7, 11) is 1.68. The molecule has 3 aliphatic rings. The second-order valence-electron chi connectivity index (χ2n) is 8.95. The summed E-state index contributed by atoms with van der Waals surface area (Å²) >= 11 is 0. The fourth-order valence-corrected chi connectivity index (χ4v) is 4.90. The molecule has 0 atom stereocenters. The Morgan fingerprint density at radius 3 is 2.37 bits per heavy atom. The van der Waals surface area contributed by atoms with Crippen molar-refractivity contribution in [1.82, 2.24) is 4.90 Å². The van der Waals surface area contributed by atoms with Gasteiger partial charge in [-0.3, -0.25) is 9.69 Å². The summed E-state index contributed by atoms with van der Waals surface area (Å²) < 4.78 is 11.6. The highest BCUT2D eigenvalue weighted by molar-refractivity contribution is 6.11. The van der Waals surface area contributed by atoms with Crippen LogP contribution in [0, 0.1) is 13.8 Å². The molecule has 1 saturated heterocycles. The average Bonchev–Trinajstić information content (AvgIpc) is 3.06. The predicted octanol–water partition coefficient (Wildman–Crippen LogP) is 5.53. The van der Waals surface area contributed by atoms with Crippen molar-refractivity contribution in [2.45, 2.75) is 90.1 Å². The summed E-state index contributed by atoms with van der Waals surface area (Å²) in [5.41, 5.74) is 3.16. The first-order chi connectivity index (χ1) is 14.6. The first-order valence-corrected chi connectivity index (χ1v) is 11.5. The summed E-state index contributed by atoms with van der Waals surface area (Å²) in [5.74, 6) is 1.15. The van der Waals surface area contributed by atoms with Crippen LogP contribution in [-0.2, 0) is 9.53 Å². The summed E-state index contributed by atoms with van der Waals surface area (Å²) in [6.45, 7) is 4.10. The molecule has 0 N–H and O–H groups in total. The van der Waals surface area contributed by atoms with Gasteiger partial charge in [0.1, 0.15) is 5.75 Å². The Morgan fingerprint density at radius 1 is 1.03 bits per heavy atom. The Kier molecular flexibility index (Phi) is 6.45. The molecule has 1 amide bonds. The maximum absolute atomic E-state index is 13.4. The zero-order chi connectivity index (χ0) is 21.1. The minimum Gasteiger partial charge on any atom is -0.496 e. The number of ether oxygens (including phenoxy) is 2. The van der Waals surface area contributed by atoms with Crippen LogP contribution in [0.1, 0.15) is 80.9 Å². The third-order valence-corrected chi connectivity index (χ3v) is 6.80. The molecule has 5 heteroatoms. The number of rotatable bonds is 4. The van der Waals surface area contributed by atoms with Gasteiger partial charge >= 0.3 is 6.02 Å². The lowest BCUT2D eigenvalue weighted by atomic mass is 9.94. The molecule has 0 radical (unpaired) electrons. The van der Waals surface area contributed by atoms with Gasteiger partial charge in [-0.25, -0.2) is 4.99 Å². The van der Waals surface area contributed by atoms with Gasteiger partial charge in [0.15, 0.2) is 5.76 Å². The SMILES string of the molecule is COc1cc(/C=C2/OC(=NC3CCCCC3)N(C3CCCCC3)C2=O)cc(C)c1C. The Hall–Kier alpha value is -2.30. The molecule has 0 bridgehead atoms. The highest BCUT2D eigenvalue weighted by Gasteiger charge is 2.40. The smallest absolute Gasteiger partial charge is 0.300 e. The molecule has 162 valence electrons. The van der Waals surface area contributed by atoms with Gasteiger partial charge in [0.05, 0.1) is 13.2 Å². The topological polar surface area (TPSA) is 51.1 Å². The molecular weight excluding hydrogens is 376 g/mol. The van der Waals surface area contributed by atoms with Gasteiger partial charge in [0.25, 0.3) is 5.91 Å². The number of amidine groups is 1. The fraction of sp³-hybridized carbons (Fsp3) is 0.600. The third-order valence-electron chi connectivity index (χ3n) is 6.80. The molecule has 5 nitrogen and oxygen atoms in total. The van der Waals surface area contributed by atoms with E-state index < -0.39 is 0 Å². The molecular formula is C25H34N2O3. The van der Waals surface area contributed by atoms with Crippen LogP contribution in [-0.4, -0.2) is 36.0 Å². The van der Waals surface area contributed by atoms with E-state index in [1.54, 1.807) is 7.11 Å². The molecule has 0 aromatic heterocycles. The molecule has 1 aromatic rings. The van der Waals surface area contributed by atoms with Gasteiger partial charge in [-0.2, -0.15) is 0 Å². The number of carbonyl (C=O) groups is 1. The maximum atomic E-state index is 13.4. The molecule has 1 aliphatic heterocycles. The zero-order valence-electron chi connectivity index (χ0n) is 18.6. The van der Waals surface area contributed by atoms with Crippen LogP contribution in [0.5, 0.6) is 5.75 Å². The number of hydrogen-bond donors (Lipinski definition) is 0. The molecule has 1 heterocycles. The van der Waals surface area contributed by atoms with Crippen LogP contribution in [0.4, 0.5) is 0 Å². The molecule has 4 rings (SSSR count). The molecule has 0 spiro atoms. The Morgan fingerprint density at radius 2 is 1.70 bits per heavy atom. The number of aliphatic imine (C=N–C) groups is 1. The zero-order valence-corrected chi connectivity index (χ0v) is 18.6. The molecule has 30 heavy (non-hydrogen) atoms. The summed E-state index contributed by atoms with van der Waals surface area (Å²) in [4.78, 5) is 20.2. The third kappa shape index (κ3) is 4.40. The monoisotopic (exact) mass is 410 g/mol. The van der Waals surface area contributed by atoms with E-state index in [9.17, 15) is 4.79 Å². The lowest BCUT2D eigenvalue weighted by molar-refractivity contribution is -0.124. The molecule has 0 unspecified atom stereocenters. The summed E-state index contributed by atoms with van der Waals surface area (Å²) in [6, 6.07) is 5.04. The predicted molar refractivity (Wildman–Crippen MR) is 120 cm³/mol. The molecule has 3 fully saturated rings. The van der Waals surface area contributed by atoms with E-state index in [0.29, 0.717) is 11.8 Å². The van der Waals surface area contributed by atoms with Gasteiger partial charge in [-0.05, 0) is 68.4 Å². The van der Waals surface area contributed by atoms with E-state index in [4.69, 9.17) is 14.5 Å². The first-order valence-electron chi connectivity index (χ1n) is 11.5. The average molecular weight is 411 g/mol. The van der Waals surface area contributed by atoms with Crippen LogP contribution >= 0.6 is 0 Å². The van der Waals surface area contributed by atoms with E-state index in [2.05, 4.69) is 13.0 Å². The number of aryl methyl sites for hydroxylation is 1. The van der Waals surface area contributed by atoms with Crippen molar-refractivity contribution in [2.75, 3.05) is 7.11 Å². The van der Waals surface area contributed by atoms with Crippen molar-refractivity contribution < 1.29 is 14.3 Å². The van der Waals surface area contributed by atoms with Gasteiger partial charge < -0.3 is 9.47 Å². The van der Waals surface area contributed by atoms with E-state index >= 15 is 0 Å². The minimum absolute atomic E-state index is 0.0475. The molecule has 2 saturated carbocycles. The molecule has 2 aliphatic carbocycles. The van der Waals surface area contributed by atoms with Gasteiger partial charge in [0, 0.05) is 6.04 Å². The minimum atomic E-state index is -0.0475. The van der Waals surface area contributed by atoms with Crippen molar-refractivity contribution in [1.29, 1.82) is 0 Å². The van der Waals surface area contributed by atoms with Crippen molar-refractivity contribution in [3.63, 3.8) is 0 Å². The van der Waals surface area contributed by atoms with E-state index in [0.717, 1.165) is 48.1 Å². The molecule has 1 aromatic carbocycles. The van der Waals surface area contributed by atoms with E-state index in [1.807, 2.05) is 24.0 Å². The number of hydrogen-bond acceptors (Lipinski definition) is 4. The van der Waals surface area contributed by atoms with Crippen LogP contribution in [0.15, 0.2) is 22.9 Å². The number of benzene rings is 1. The fourth-order valence-electron chi connectivity index (χ4n) is 4.90. The Balaban J connectivity index is 1.66. The van der Waals surface area contributed by atoms with Gasteiger partial charge in [-0.15, -0.1) is 0 Å². The second-order valence-corrected chi connectivity index (χ2v) is 8.95. The van der Waals surface area contributed by atoms with Gasteiger partial charge in [-0.1, -0.05) is 44.6 Å². The highest BCUT2D eigenvalue weighted by Crippen LogP contribution is 2.32. The number of amides is 1. The highest BCUT2D eigenvalue weighted by atomic mass is 16.5. The van der Waals surface area contributed by atoms with Crippen LogP contribution < -0.4 is 4.74 Å². The largest absolute Gasteiger partial charge is 0.496 e. The van der Waals surface area contributed by atoms with Crippen molar-refractivity contribution in [2.24, 2.45) is 4.99 Å². The Bertz CT molecular complexity index is 846. The van der Waals surface area contributed by atoms with Gasteiger partial charge in [0.2, 0.25) is 0 Å². The lowest BCUT2D eigenvalue weighted by Gasteiger charge is -2.29. The van der Waals surface area contributed by atoms with E-state index in [1.165, 1.54) is 38.5 Å². The summed E-state index contributed by atoms with van der Waals surface area (Å²) in [5, 5.41) is 0. The number of nitrogens with zero attached hydrogens (tertiary/aromatic N) is 2. The Labute approximate surface area is 180 Å². The number of carbonyl (C=O) groups excluding carboxylic acids is 1. The normalized spacial score (nSPS) is 24.0. The van der Waals surface area contributed by atoms with Crippen LogP contribution in [0.25, 0.3) is 6.08 Å². The summed E-state index contributed by atoms with van der Waals surface area (Å²) in [6.07, 6.45) is 13.4. The number of methoxy groups -OCH3 is 1. The lowest BCUT2D eigenvalue weighted by Crippen LogP contribution is -2.41. The van der Waals surface area contributed by atoms with Crippen molar-refractivity contribution in [3.8, 4) is 5.75 Å². The van der Waals surface area contributed by atoms with Crippen LogP contribution in [0.3, 0.4) is 0 Å². The first kappa shape index (κ1) is 21.0. The second kappa shape index (κ2) is 9.23. The standard InChI is InChI=1S/C25H34N2O3/c1-17-14-19(15-22(29-3)18(17)2)16-23-24(28)27(21-12-8-5-9-13-21)25(30-23)26-20-10-6-4-7-11-20/h14-16,20-21H,4-13H2,1-3H3/b23-16+,26-25?. The van der Waals surface area contributed by atoms with E-state index in [-0.39, 0.29) is 18.0 Å². The quantitative estimate of drug-likeness (QED) is 0.613.